The summed E-state index contributed by atoms with van der Waals surface area (Å²) in [4.78, 5) is 0. The molecule has 1 heterocycles. The van der Waals surface area contributed by atoms with Crippen LogP contribution in [0.4, 0.5) is 0 Å². The van der Waals surface area contributed by atoms with E-state index < -0.39 is 0 Å². The molecule has 0 bridgehead atoms. The van der Waals surface area contributed by atoms with E-state index in [1.54, 1.807) is 0 Å². The lowest BCUT2D eigenvalue weighted by Crippen LogP contribution is -1.89. The standard InChI is InChI=1S/C11H12N2/c1-13-11-6-9(8-2-3-8)4-5-10(11)7-12-13/h4-8H,2-3H2,1H3. The molecule has 0 N–H and O–H groups in total. The first-order chi connectivity index (χ1) is 6.34. The quantitative estimate of drug-likeness (QED) is 0.646. The minimum absolute atomic E-state index is 0.833. The molecule has 66 valence electrons. The third-order valence-electron chi connectivity index (χ3n) is 2.82. The summed E-state index contributed by atoms with van der Waals surface area (Å²) in [6, 6.07) is 6.69. The summed E-state index contributed by atoms with van der Waals surface area (Å²) in [5.41, 5.74) is 2.74. The van der Waals surface area contributed by atoms with Crippen LogP contribution < -0.4 is 0 Å². The molecule has 3 rings (SSSR count). The van der Waals surface area contributed by atoms with Gasteiger partial charge in [-0.2, -0.15) is 5.10 Å². The summed E-state index contributed by atoms with van der Waals surface area (Å²) in [5, 5.41) is 5.48. The fraction of sp³-hybridized carbons (Fsp3) is 0.364. The molecule has 1 fully saturated rings. The Morgan fingerprint density at radius 1 is 1.38 bits per heavy atom. The van der Waals surface area contributed by atoms with E-state index in [0.29, 0.717) is 0 Å². The highest BCUT2D eigenvalue weighted by molar-refractivity contribution is 5.79. The molecule has 0 radical (unpaired) electrons. The molecule has 0 unspecified atom stereocenters. The van der Waals surface area contributed by atoms with Crippen LogP contribution in [-0.2, 0) is 7.05 Å². The van der Waals surface area contributed by atoms with Crippen LogP contribution in [0.3, 0.4) is 0 Å². The van der Waals surface area contributed by atoms with Crippen molar-refractivity contribution < 1.29 is 0 Å². The summed E-state index contributed by atoms with van der Waals surface area (Å²) < 4.78 is 1.95. The molecule has 1 saturated carbocycles. The fourth-order valence-corrected chi connectivity index (χ4v) is 1.83. The first-order valence-corrected chi connectivity index (χ1v) is 4.76. The van der Waals surface area contributed by atoms with Gasteiger partial charge in [-0.1, -0.05) is 12.1 Å². The summed E-state index contributed by atoms with van der Waals surface area (Å²) in [6.07, 6.45) is 4.65. The lowest BCUT2D eigenvalue weighted by Gasteiger charge is -1.98. The predicted molar refractivity (Wildman–Crippen MR) is 52.7 cm³/mol. The zero-order chi connectivity index (χ0) is 8.84. The molecule has 1 aliphatic rings. The minimum atomic E-state index is 0.833. The van der Waals surface area contributed by atoms with Crippen molar-refractivity contribution in [2.24, 2.45) is 7.05 Å². The van der Waals surface area contributed by atoms with E-state index in [1.807, 2.05) is 17.9 Å². The number of aromatic nitrogens is 2. The molecule has 13 heavy (non-hydrogen) atoms. The van der Waals surface area contributed by atoms with E-state index in [0.717, 1.165) is 5.92 Å². The van der Waals surface area contributed by atoms with Crippen molar-refractivity contribution in [3.63, 3.8) is 0 Å². The molecule has 2 aromatic rings. The molecule has 1 aliphatic carbocycles. The maximum atomic E-state index is 4.23. The molecule has 0 amide bonds. The number of rotatable bonds is 1. The van der Waals surface area contributed by atoms with Gasteiger partial charge < -0.3 is 0 Å². The van der Waals surface area contributed by atoms with Gasteiger partial charge in [-0.15, -0.1) is 0 Å². The second-order valence-electron chi connectivity index (χ2n) is 3.86. The van der Waals surface area contributed by atoms with Crippen molar-refractivity contribution in [1.82, 2.24) is 9.78 Å². The molecule has 0 saturated heterocycles. The molecule has 0 atom stereocenters. The van der Waals surface area contributed by atoms with Crippen LogP contribution in [0.5, 0.6) is 0 Å². The third kappa shape index (κ3) is 1.05. The van der Waals surface area contributed by atoms with Gasteiger partial charge in [0.25, 0.3) is 0 Å². The van der Waals surface area contributed by atoms with E-state index in [9.17, 15) is 0 Å². The van der Waals surface area contributed by atoms with Crippen LogP contribution in [0.15, 0.2) is 24.4 Å². The highest BCUT2D eigenvalue weighted by Gasteiger charge is 2.23. The van der Waals surface area contributed by atoms with E-state index in [4.69, 9.17) is 0 Å². The average molecular weight is 172 g/mol. The van der Waals surface area contributed by atoms with Crippen LogP contribution >= 0.6 is 0 Å². The van der Waals surface area contributed by atoms with Crippen molar-refractivity contribution in [2.75, 3.05) is 0 Å². The smallest absolute Gasteiger partial charge is 0.0681 e. The van der Waals surface area contributed by atoms with Gasteiger partial charge in [0.15, 0.2) is 0 Å². The first kappa shape index (κ1) is 7.13. The van der Waals surface area contributed by atoms with Gasteiger partial charge in [0.05, 0.1) is 11.7 Å². The normalized spacial score (nSPS) is 16.7. The lowest BCUT2D eigenvalue weighted by atomic mass is 10.1. The second-order valence-corrected chi connectivity index (χ2v) is 3.86. The van der Waals surface area contributed by atoms with E-state index in [-0.39, 0.29) is 0 Å². The predicted octanol–water partition coefficient (Wildman–Crippen LogP) is 2.45. The maximum Gasteiger partial charge on any atom is 0.0681 e. The van der Waals surface area contributed by atoms with Crippen LogP contribution in [0.25, 0.3) is 10.9 Å². The van der Waals surface area contributed by atoms with Gasteiger partial charge in [0, 0.05) is 12.4 Å². The second kappa shape index (κ2) is 2.34. The largest absolute Gasteiger partial charge is 0.268 e. The Morgan fingerprint density at radius 2 is 2.23 bits per heavy atom. The fourth-order valence-electron chi connectivity index (χ4n) is 1.83. The van der Waals surface area contributed by atoms with Gasteiger partial charge >= 0.3 is 0 Å². The van der Waals surface area contributed by atoms with Crippen molar-refractivity contribution >= 4 is 10.9 Å². The Hall–Kier alpha value is -1.31. The Balaban J connectivity index is 2.24. The lowest BCUT2D eigenvalue weighted by molar-refractivity contribution is 0.796. The number of aryl methyl sites for hydroxylation is 1. The molecule has 0 aliphatic heterocycles. The third-order valence-corrected chi connectivity index (χ3v) is 2.82. The highest BCUT2D eigenvalue weighted by atomic mass is 15.2. The van der Waals surface area contributed by atoms with Crippen molar-refractivity contribution in [3.8, 4) is 0 Å². The molecule has 2 heteroatoms. The van der Waals surface area contributed by atoms with Crippen molar-refractivity contribution in [2.45, 2.75) is 18.8 Å². The van der Waals surface area contributed by atoms with Crippen LogP contribution in [-0.4, -0.2) is 9.78 Å². The monoisotopic (exact) mass is 172 g/mol. The topological polar surface area (TPSA) is 17.8 Å². The minimum Gasteiger partial charge on any atom is -0.268 e. The highest BCUT2D eigenvalue weighted by Crippen LogP contribution is 2.40. The van der Waals surface area contributed by atoms with Gasteiger partial charge in [0.1, 0.15) is 0 Å². The maximum absolute atomic E-state index is 4.23. The average Bonchev–Trinajstić information content (AvgIpc) is 2.93. The van der Waals surface area contributed by atoms with Gasteiger partial charge in [-0.3, -0.25) is 4.68 Å². The SMILES string of the molecule is Cn1ncc2ccc(C3CC3)cc21. The molecular weight excluding hydrogens is 160 g/mol. The number of hydrogen-bond acceptors (Lipinski definition) is 1. The van der Waals surface area contributed by atoms with Gasteiger partial charge in [-0.25, -0.2) is 0 Å². The molecule has 1 aromatic heterocycles. The Kier molecular flexibility index (Phi) is 1.29. The van der Waals surface area contributed by atoms with E-state index in [2.05, 4.69) is 23.3 Å². The van der Waals surface area contributed by atoms with Crippen LogP contribution in [0.2, 0.25) is 0 Å². The summed E-state index contributed by atoms with van der Waals surface area (Å²) in [5.74, 6) is 0.833. The number of benzene rings is 1. The van der Waals surface area contributed by atoms with Crippen molar-refractivity contribution in [1.29, 1.82) is 0 Å². The molecule has 1 aromatic carbocycles. The van der Waals surface area contributed by atoms with Crippen molar-refractivity contribution in [3.05, 3.63) is 30.0 Å². The van der Waals surface area contributed by atoms with Gasteiger partial charge in [-0.05, 0) is 30.4 Å². The molecule has 0 spiro atoms. The summed E-state index contributed by atoms with van der Waals surface area (Å²) >= 11 is 0. The first-order valence-electron chi connectivity index (χ1n) is 4.76. The van der Waals surface area contributed by atoms with Gasteiger partial charge in [0.2, 0.25) is 0 Å². The van der Waals surface area contributed by atoms with E-state index in [1.165, 1.54) is 29.3 Å². The van der Waals surface area contributed by atoms with Crippen LogP contribution in [0.1, 0.15) is 24.3 Å². The summed E-state index contributed by atoms with van der Waals surface area (Å²) in [6.45, 7) is 0. The Morgan fingerprint density at radius 3 is 3.00 bits per heavy atom. The molecular formula is C11H12N2. The number of hydrogen-bond donors (Lipinski definition) is 0. The zero-order valence-electron chi connectivity index (χ0n) is 7.70. The van der Waals surface area contributed by atoms with E-state index >= 15 is 0 Å². The van der Waals surface area contributed by atoms with Crippen LogP contribution in [0, 0.1) is 0 Å². The number of fused-ring (bicyclic) bond motifs is 1. The number of nitrogens with zero attached hydrogens (tertiary/aromatic N) is 2. The molecule has 2 nitrogen and oxygen atoms in total. The zero-order valence-corrected chi connectivity index (χ0v) is 7.70. The Labute approximate surface area is 77.2 Å². The Bertz CT molecular complexity index is 452. The summed E-state index contributed by atoms with van der Waals surface area (Å²) in [7, 11) is 2.00.